The molecule has 2 unspecified atom stereocenters. The van der Waals surface area contributed by atoms with Crippen molar-refractivity contribution in [2.75, 3.05) is 13.7 Å². The maximum absolute atomic E-state index is 6.25. The average molecular weight is 267 g/mol. The summed E-state index contributed by atoms with van der Waals surface area (Å²) in [6, 6.07) is 0.625. The van der Waals surface area contributed by atoms with Crippen molar-refractivity contribution in [2.45, 2.75) is 83.8 Å². The highest BCUT2D eigenvalue weighted by Crippen LogP contribution is 2.44. The van der Waals surface area contributed by atoms with Crippen molar-refractivity contribution in [2.24, 2.45) is 11.3 Å². The predicted octanol–water partition coefficient (Wildman–Crippen LogP) is 4.14. The van der Waals surface area contributed by atoms with Crippen molar-refractivity contribution in [3.63, 3.8) is 0 Å². The first-order chi connectivity index (χ1) is 9.03. The van der Waals surface area contributed by atoms with E-state index in [1.807, 2.05) is 0 Å². The molecule has 2 fully saturated rings. The van der Waals surface area contributed by atoms with Crippen LogP contribution in [-0.4, -0.2) is 25.3 Å². The van der Waals surface area contributed by atoms with Gasteiger partial charge in [-0.3, -0.25) is 0 Å². The van der Waals surface area contributed by atoms with Gasteiger partial charge < -0.3 is 10.1 Å². The van der Waals surface area contributed by atoms with Crippen molar-refractivity contribution in [3.8, 4) is 0 Å². The van der Waals surface area contributed by atoms with E-state index >= 15 is 0 Å². The molecule has 0 amide bonds. The molecule has 1 N–H and O–H groups in total. The van der Waals surface area contributed by atoms with E-state index in [0.29, 0.717) is 11.5 Å². The smallest absolute Gasteiger partial charge is 0.0685 e. The molecule has 2 aliphatic rings. The van der Waals surface area contributed by atoms with Crippen LogP contribution in [0.5, 0.6) is 0 Å². The third-order valence-electron chi connectivity index (χ3n) is 5.83. The van der Waals surface area contributed by atoms with Crippen LogP contribution in [0.3, 0.4) is 0 Å². The van der Waals surface area contributed by atoms with E-state index in [-0.39, 0.29) is 5.60 Å². The van der Waals surface area contributed by atoms with Crippen LogP contribution >= 0.6 is 0 Å². The number of hydrogen-bond donors (Lipinski definition) is 1. The van der Waals surface area contributed by atoms with Gasteiger partial charge >= 0.3 is 0 Å². The molecule has 1 aliphatic heterocycles. The minimum absolute atomic E-state index is 0.236. The number of rotatable bonds is 4. The summed E-state index contributed by atoms with van der Waals surface area (Å²) in [5, 5.41) is 3.63. The number of nitrogens with one attached hydrogen (secondary N) is 1. The lowest BCUT2D eigenvalue weighted by Crippen LogP contribution is -2.52. The van der Waals surface area contributed by atoms with Gasteiger partial charge in [0.25, 0.3) is 0 Å². The Morgan fingerprint density at radius 1 is 1.26 bits per heavy atom. The zero-order valence-electron chi connectivity index (χ0n) is 13.4. The Morgan fingerprint density at radius 3 is 2.53 bits per heavy atom. The third-order valence-corrected chi connectivity index (χ3v) is 5.83. The highest BCUT2D eigenvalue weighted by molar-refractivity contribution is 4.96. The summed E-state index contributed by atoms with van der Waals surface area (Å²) in [6.07, 6.45) is 10.5. The van der Waals surface area contributed by atoms with Crippen LogP contribution in [0, 0.1) is 11.3 Å². The lowest BCUT2D eigenvalue weighted by atomic mass is 9.68. The number of hydrogen-bond acceptors (Lipinski definition) is 2. The zero-order valence-corrected chi connectivity index (χ0v) is 13.4. The van der Waals surface area contributed by atoms with E-state index in [1.54, 1.807) is 0 Å². The van der Waals surface area contributed by atoms with Crippen LogP contribution in [-0.2, 0) is 4.74 Å². The fourth-order valence-electron chi connectivity index (χ4n) is 4.38. The zero-order chi connectivity index (χ0) is 13.9. The molecule has 2 nitrogen and oxygen atoms in total. The molecule has 0 aromatic carbocycles. The molecule has 1 heterocycles. The van der Waals surface area contributed by atoms with E-state index in [4.69, 9.17) is 4.74 Å². The van der Waals surface area contributed by atoms with Gasteiger partial charge in [-0.05, 0) is 50.5 Å². The van der Waals surface area contributed by atoms with Crippen LogP contribution in [0.2, 0.25) is 0 Å². The molecule has 19 heavy (non-hydrogen) atoms. The summed E-state index contributed by atoms with van der Waals surface area (Å²) in [5.74, 6) is 0.784. The summed E-state index contributed by atoms with van der Waals surface area (Å²) < 4.78 is 6.25. The Morgan fingerprint density at radius 2 is 1.95 bits per heavy atom. The Kier molecular flexibility index (Phi) is 4.94. The lowest BCUT2D eigenvalue weighted by molar-refractivity contribution is -0.126. The lowest BCUT2D eigenvalue weighted by Gasteiger charge is -2.48. The fraction of sp³-hybridized carbons (Fsp3) is 1.00. The highest BCUT2D eigenvalue weighted by atomic mass is 16.5. The topological polar surface area (TPSA) is 21.3 Å². The van der Waals surface area contributed by atoms with Gasteiger partial charge in [0.05, 0.1) is 5.60 Å². The molecule has 0 radical (unpaired) electrons. The Hall–Kier alpha value is -0.0800. The van der Waals surface area contributed by atoms with Gasteiger partial charge in [0.1, 0.15) is 0 Å². The van der Waals surface area contributed by atoms with Gasteiger partial charge in [-0.25, -0.2) is 0 Å². The standard InChI is InChI=1S/C17H33NO/c1-5-16(2,3)15(18-4)14-9-12-19-17(13-14)10-7-6-8-11-17/h14-15,18H,5-13H2,1-4H3. The molecule has 2 heteroatoms. The van der Waals surface area contributed by atoms with Crippen molar-refractivity contribution >= 4 is 0 Å². The molecule has 112 valence electrons. The number of ether oxygens (including phenoxy) is 1. The van der Waals surface area contributed by atoms with E-state index in [2.05, 4.69) is 33.1 Å². The second kappa shape index (κ2) is 6.13. The van der Waals surface area contributed by atoms with E-state index < -0.39 is 0 Å². The molecule has 2 rings (SSSR count). The summed E-state index contributed by atoms with van der Waals surface area (Å²) >= 11 is 0. The largest absolute Gasteiger partial charge is 0.375 e. The first-order valence-corrected chi connectivity index (χ1v) is 8.34. The molecule has 2 atom stereocenters. The SMILES string of the molecule is CCC(C)(C)C(NC)C1CCOC2(CCCCC2)C1. The van der Waals surface area contributed by atoms with Gasteiger partial charge in [0.15, 0.2) is 0 Å². The summed E-state index contributed by atoms with van der Waals surface area (Å²) in [6.45, 7) is 8.12. The minimum Gasteiger partial charge on any atom is -0.375 e. The van der Waals surface area contributed by atoms with E-state index in [0.717, 1.165) is 12.5 Å². The Labute approximate surface area is 119 Å². The molecule has 1 saturated carbocycles. The van der Waals surface area contributed by atoms with Crippen LogP contribution in [0.25, 0.3) is 0 Å². The van der Waals surface area contributed by atoms with Crippen LogP contribution < -0.4 is 5.32 Å². The fourth-order valence-corrected chi connectivity index (χ4v) is 4.38. The Balaban J connectivity index is 2.07. The van der Waals surface area contributed by atoms with Gasteiger partial charge in [0, 0.05) is 12.6 Å². The van der Waals surface area contributed by atoms with Gasteiger partial charge in [-0.15, -0.1) is 0 Å². The van der Waals surface area contributed by atoms with Gasteiger partial charge in [-0.2, -0.15) is 0 Å². The maximum atomic E-state index is 6.25. The second-order valence-corrected chi connectivity index (χ2v) is 7.45. The molecule has 0 aromatic rings. The first kappa shape index (κ1) is 15.3. The summed E-state index contributed by atoms with van der Waals surface area (Å²) in [7, 11) is 2.14. The average Bonchev–Trinajstić information content (AvgIpc) is 2.40. The van der Waals surface area contributed by atoms with Crippen molar-refractivity contribution in [1.82, 2.24) is 5.32 Å². The minimum atomic E-state index is 0.236. The van der Waals surface area contributed by atoms with Crippen LogP contribution in [0.1, 0.15) is 72.1 Å². The van der Waals surface area contributed by atoms with Crippen LogP contribution in [0.15, 0.2) is 0 Å². The van der Waals surface area contributed by atoms with Crippen LogP contribution in [0.4, 0.5) is 0 Å². The molecular formula is C17H33NO. The molecule has 1 spiro atoms. The molecule has 0 aromatic heterocycles. The van der Waals surface area contributed by atoms with Crippen molar-refractivity contribution < 1.29 is 4.74 Å². The monoisotopic (exact) mass is 267 g/mol. The summed E-state index contributed by atoms with van der Waals surface area (Å²) in [4.78, 5) is 0. The first-order valence-electron chi connectivity index (χ1n) is 8.34. The molecule has 1 saturated heterocycles. The molecule has 1 aliphatic carbocycles. The van der Waals surface area contributed by atoms with Gasteiger partial charge in [0.2, 0.25) is 0 Å². The van der Waals surface area contributed by atoms with Gasteiger partial charge in [-0.1, -0.05) is 40.0 Å². The molecule has 0 bridgehead atoms. The highest BCUT2D eigenvalue weighted by Gasteiger charge is 2.43. The maximum Gasteiger partial charge on any atom is 0.0685 e. The summed E-state index contributed by atoms with van der Waals surface area (Å²) in [5.41, 5.74) is 0.618. The molecular weight excluding hydrogens is 234 g/mol. The van der Waals surface area contributed by atoms with Crippen molar-refractivity contribution in [3.05, 3.63) is 0 Å². The van der Waals surface area contributed by atoms with E-state index in [9.17, 15) is 0 Å². The van der Waals surface area contributed by atoms with E-state index in [1.165, 1.54) is 51.4 Å². The second-order valence-electron chi connectivity index (χ2n) is 7.45. The Bertz CT molecular complexity index is 275. The predicted molar refractivity (Wildman–Crippen MR) is 81.4 cm³/mol. The third kappa shape index (κ3) is 3.33. The normalized spacial score (nSPS) is 29.4. The quantitative estimate of drug-likeness (QED) is 0.826. The van der Waals surface area contributed by atoms with Crippen molar-refractivity contribution in [1.29, 1.82) is 0 Å².